The summed E-state index contributed by atoms with van der Waals surface area (Å²) in [4.78, 5) is 30.1. The first-order valence-corrected chi connectivity index (χ1v) is 12.6. The largest absolute Gasteiger partial charge is 0.371 e. The third kappa shape index (κ3) is 6.14. The van der Waals surface area contributed by atoms with Gasteiger partial charge in [-0.25, -0.2) is 9.97 Å². The summed E-state index contributed by atoms with van der Waals surface area (Å²) in [5.74, 6) is 1.34. The minimum Gasteiger partial charge on any atom is -0.371 e. The van der Waals surface area contributed by atoms with E-state index in [1.54, 1.807) is 24.5 Å². The van der Waals surface area contributed by atoms with Crippen molar-refractivity contribution in [3.63, 3.8) is 0 Å². The molecule has 2 aromatic heterocycles. The van der Waals surface area contributed by atoms with Crippen LogP contribution in [0.2, 0.25) is 0 Å². The highest BCUT2D eigenvalue weighted by molar-refractivity contribution is 6.04. The Morgan fingerprint density at radius 3 is 2.60 bits per heavy atom. The van der Waals surface area contributed by atoms with Gasteiger partial charge in [-0.2, -0.15) is 0 Å². The highest BCUT2D eigenvalue weighted by Gasteiger charge is 2.24. The molecule has 4 heterocycles. The Bertz CT molecular complexity index is 1090. The smallest absolute Gasteiger partial charge is 0.257 e. The van der Waals surface area contributed by atoms with E-state index in [4.69, 9.17) is 0 Å². The SMILES string of the molecule is O=C(Nc1cccc(N2CCC(NCC3CCCN(c4ncccn4)C3)CC2)c1)c1cccnc1. The maximum atomic E-state index is 12.5. The number of benzene rings is 1. The van der Waals surface area contributed by atoms with E-state index in [1.807, 2.05) is 30.6 Å². The van der Waals surface area contributed by atoms with E-state index in [9.17, 15) is 4.79 Å². The van der Waals surface area contributed by atoms with E-state index in [-0.39, 0.29) is 5.91 Å². The molecule has 1 atom stereocenters. The molecule has 0 radical (unpaired) electrons. The first-order valence-electron chi connectivity index (χ1n) is 12.6. The second kappa shape index (κ2) is 11.3. The van der Waals surface area contributed by atoms with Crippen molar-refractivity contribution in [1.82, 2.24) is 20.3 Å². The molecule has 3 aromatic rings. The first-order chi connectivity index (χ1) is 17.2. The second-order valence-corrected chi connectivity index (χ2v) is 9.42. The van der Waals surface area contributed by atoms with Gasteiger partial charge >= 0.3 is 0 Å². The fourth-order valence-electron chi connectivity index (χ4n) is 5.02. The lowest BCUT2D eigenvalue weighted by molar-refractivity contribution is 0.102. The van der Waals surface area contributed by atoms with Gasteiger partial charge < -0.3 is 20.4 Å². The zero-order chi connectivity index (χ0) is 23.9. The predicted molar refractivity (Wildman–Crippen MR) is 139 cm³/mol. The van der Waals surface area contributed by atoms with Gasteiger partial charge in [-0.05, 0) is 74.5 Å². The van der Waals surface area contributed by atoms with Crippen molar-refractivity contribution in [1.29, 1.82) is 0 Å². The summed E-state index contributed by atoms with van der Waals surface area (Å²) < 4.78 is 0. The van der Waals surface area contributed by atoms with Crippen molar-refractivity contribution >= 4 is 23.2 Å². The lowest BCUT2D eigenvalue weighted by atomic mass is 9.96. The van der Waals surface area contributed by atoms with Crippen molar-refractivity contribution in [3.05, 3.63) is 72.8 Å². The van der Waals surface area contributed by atoms with Crippen LogP contribution in [0.3, 0.4) is 0 Å². The molecule has 1 amide bonds. The molecular formula is C27H33N7O. The van der Waals surface area contributed by atoms with Crippen LogP contribution in [0.4, 0.5) is 17.3 Å². The topological polar surface area (TPSA) is 86.3 Å². The minimum atomic E-state index is -0.140. The van der Waals surface area contributed by atoms with Gasteiger partial charge in [0.25, 0.3) is 5.91 Å². The van der Waals surface area contributed by atoms with Crippen molar-refractivity contribution < 1.29 is 4.79 Å². The van der Waals surface area contributed by atoms with Crippen LogP contribution in [0.15, 0.2) is 67.3 Å². The Balaban J connectivity index is 1.09. The molecule has 5 rings (SSSR count). The van der Waals surface area contributed by atoms with Crippen LogP contribution in [0.1, 0.15) is 36.0 Å². The van der Waals surface area contributed by atoms with Gasteiger partial charge in [0.2, 0.25) is 5.95 Å². The fraction of sp³-hybridized carbons (Fsp3) is 0.407. The molecule has 2 fully saturated rings. The summed E-state index contributed by atoms with van der Waals surface area (Å²) in [6, 6.07) is 14.1. The Morgan fingerprint density at radius 2 is 1.80 bits per heavy atom. The maximum absolute atomic E-state index is 12.5. The van der Waals surface area contributed by atoms with Crippen LogP contribution < -0.4 is 20.4 Å². The van der Waals surface area contributed by atoms with Crippen LogP contribution in [-0.4, -0.2) is 59.6 Å². The summed E-state index contributed by atoms with van der Waals surface area (Å²) in [7, 11) is 0. The average molecular weight is 472 g/mol. The van der Waals surface area contributed by atoms with Crippen LogP contribution >= 0.6 is 0 Å². The van der Waals surface area contributed by atoms with E-state index < -0.39 is 0 Å². The first kappa shape index (κ1) is 23.2. The number of aromatic nitrogens is 3. The zero-order valence-corrected chi connectivity index (χ0v) is 20.0. The third-order valence-corrected chi connectivity index (χ3v) is 6.94. The monoisotopic (exact) mass is 471 g/mol. The number of hydrogen-bond donors (Lipinski definition) is 2. The molecule has 35 heavy (non-hydrogen) atoms. The number of rotatable bonds is 7. The number of carbonyl (C=O) groups excluding carboxylic acids is 1. The molecular weight excluding hydrogens is 438 g/mol. The minimum absolute atomic E-state index is 0.140. The Kier molecular flexibility index (Phi) is 7.48. The summed E-state index contributed by atoms with van der Waals surface area (Å²) in [6.45, 7) is 5.12. The van der Waals surface area contributed by atoms with Crippen LogP contribution in [-0.2, 0) is 0 Å². The molecule has 2 N–H and O–H groups in total. The number of amides is 1. The van der Waals surface area contributed by atoms with E-state index in [2.05, 4.69) is 47.5 Å². The van der Waals surface area contributed by atoms with E-state index >= 15 is 0 Å². The van der Waals surface area contributed by atoms with Crippen LogP contribution in [0.5, 0.6) is 0 Å². The molecule has 0 spiro atoms. The molecule has 1 unspecified atom stereocenters. The van der Waals surface area contributed by atoms with Crippen molar-refractivity contribution in [3.8, 4) is 0 Å². The molecule has 1 aromatic carbocycles. The van der Waals surface area contributed by atoms with Gasteiger partial charge in [-0.15, -0.1) is 0 Å². The van der Waals surface area contributed by atoms with Gasteiger partial charge in [0.1, 0.15) is 0 Å². The van der Waals surface area contributed by atoms with Gasteiger partial charge in [-0.3, -0.25) is 9.78 Å². The summed E-state index contributed by atoms with van der Waals surface area (Å²) in [6.07, 6.45) is 11.6. The molecule has 8 heteroatoms. The van der Waals surface area contributed by atoms with Crippen molar-refractivity contribution in [2.24, 2.45) is 5.92 Å². The number of anilines is 3. The van der Waals surface area contributed by atoms with Gasteiger partial charge in [-0.1, -0.05) is 6.07 Å². The number of pyridine rings is 1. The number of nitrogens with one attached hydrogen (secondary N) is 2. The van der Waals surface area contributed by atoms with E-state index in [1.165, 1.54) is 12.8 Å². The van der Waals surface area contributed by atoms with Gasteiger partial charge in [0.15, 0.2) is 0 Å². The normalized spacial score (nSPS) is 18.9. The van der Waals surface area contributed by atoms with Crippen LogP contribution in [0.25, 0.3) is 0 Å². The number of hydrogen-bond acceptors (Lipinski definition) is 7. The predicted octanol–water partition coefficient (Wildman–Crippen LogP) is 3.60. The zero-order valence-electron chi connectivity index (χ0n) is 20.0. The third-order valence-electron chi connectivity index (χ3n) is 6.94. The summed E-state index contributed by atoms with van der Waals surface area (Å²) in [5, 5.41) is 6.82. The Hall–Kier alpha value is -3.52. The van der Waals surface area contributed by atoms with Crippen molar-refractivity contribution in [2.45, 2.75) is 31.7 Å². The fourth-order valence-corrected chi connectivity index (χ4v) is 5.02. The molecule has 182 valence electrons. The average Bonchev–Trinajstić information content (AvgIpc) is 2.93. The highest BCUT2D eigenvalue weighted by atomic mass is 16.1. The molecule has 0 saturated carbocycles. The van der Waals surface area contributed by atoms with E-state index in [0.717, 1.165) is 62.9 Å². The molecule has 2 saturated heterocycles. The Morgan fingerprint density at radius 1 is 0.943 bits per heavy atom. The molecule has 2 aliphatic heterocycles. The second-order valence-electron chi connectivity index (χ2n) is 9.42. The maximum Gasteiger partial charge on any atom is 0.257 e. The van der Waals surface area contributed by atoms with Gasteiger partial charge in [0, 0.05) is 68.4 Å². The quantitative estimate of drug-likeness (QED) is 0.545. The number of piperidine rings is 2. The number of carbonyl (C=O) groups is 1. The molecule has 0 aliphatic carbocycles. The number of nitrogens with zero attached hydrogens (tertiary/aromatic N) is 5. The van der Waals surface area contributed by atoms with Crippen LogP contribution in [0, 0.1) is 5.92 Å². The molecule has 2 aliphatic rings. The molecule has 8 nitrogen and oxygen atoms in total. The highest BCUT2D eigenvalue weighted by Crippen LogP contribution is 2.24. The van der Waals surface area contributed by atoms with E-state index in [0.29, 0.717) is 17.5 Å². The summed E-state index contributed by atoms with van der Waals surface area (Å²) in [5.41, 5.74) is 2.52. The van der Waals surface area contributed by atoms with Crippen molar-refractivity contribution in [2.75, 3.05) is 47.8 Å². The molecule has 0 bridgehead atoms. The standard InChI is InChI=1S/C27H33N7O/c35-26(22-6-2-11-28-19-22)32-24-7-1-8-25(17-24)33-15-9-23(10-16-33)31-18-21-5-3-14-34(20-21)27-29-12-4-13-30-27/h1-2,4,6-8,11-13,17,19,21,23,31H,3,5,9-10,14-16,18,20H2,(H,32,35). The van der Waals surface area contributed by atoms with Gasteiger partial charge in [0.05, 0.1) is 5.56 Å². The summed E-state index contributed by atoms with van der Waals surface area (Å²) >= 11 is 0. The lowest BCUT2D eigenvalue weighted by Crippen LogP contribution is -2.46. The lowest BCUT2D eigenvalue weighted by Gasteiger charge is -2.36. The Labute approximate surface area is 206 Å².